The molecule has 164 valence electrons. The van der Waals surface area contributed by atoms with Crippen molar-refractivity contribution in [3.8, 4) is 5.75 Å². The van der Waals surface area contributed by atoms with Crippen molar-refractivity contribution in [1.29, 1.82) is 0 Å². The van der Waals surface area contributed by atoms with E-state index in [1.165, 1.54) is 19.2 Å². The van der Waals surface area contributed by atoms with Gasteiger partial charge in [0, 0.05) is 21.3 Å². The second-order valence-electron chi connectivity index (χ2n) is 6.81. The normalized spacial score (nSPS) is 10.4. The van der Waals surface area contributed by atoms with Gasteiger partial charge in [0.25, 0.3) is 5.91 Å². The number of carbonyl (C=O) groups excluding carboxylic acids is 3. The van der Waals surface area contributed by atoms with Crippen LogP contribution in [-0.2, 0) is 9.53 Å². The average Bonchev–Trinajstić information content (AvgIpc) is 2.80. The summed E-state index contributed by atoms with van der Waals surface area (Å²) in [5.74, 6) is -1.03. The van der Waals surface area contributed by atoms with Crippen molar-refractivity contribution < 1.29 is 23.9 Å². The van der Waals surface area contributed by atoms with Crippen LogP contribution in [0.15, 0.2) is 65.1 Å². The van der Waals surface area contributed by atoms with Crippen molar-refractivity contribution in [2.75, 3.05) is 19.0 Å². The highest BCUT2D eigenvalue weighted by molar-refractivity contribution is 9.10. The van der Waals surface area contributed by atoms with Crippen molar-refractivity contribution in [3.63, 3.8) is 0 Å². The molecule has 0 saturated heterocycles. The molecule has 0 aliphatic heterocycles. The molecular weight excluding hydrogens is 498 g/mol. The van der Waals surface area contributed by atoms with Crippen LogP contribution in [0.4, 0.5) is 5.69 Å². The Balaban J connectivity index is 1.70. The summed E-state index contributed by atoms with van der Waals surface area (Å²) in [4.78, 5) is 37.8. The zero-order valence-electron chi connectivity index (χ0n) is 17.3. The molecule has 3 rings (SSSR count). The fraction of sp³-hybridized carbons (Fsp3) is 0.125. The Morgan fingerprint density at radius 3 is 2.31 bits per heavy atom. The summed E-state index contributed by atoms with van der Waals surface area (Å²) < 4.78 is 11.0. The Labute approximate surface area is 198 Å². The molecule has 1 amide bonds. The maximum absolute atomic E-state index is 12.9. The van der Waals surface area contributed by atoms with Gasteiger partial charge < -0.3 is 14.8 Å². The van der Waals surface area contributed by atoms with E-state index in [0.717, 1.165) is 5.56 Å². The Morgan fingerprint density at radius 2 is 1.66 bits per heavy atom. The van der Waals surface area contributed by atoms with Crippen LogP contribution < -0.4 is 10.1 Å². The largest absolute Gasteiger partial charge is 0.497 e. The molecule has 32 heavy (non-hydrogen) atoms. The van der Waals surface area contributed by atoms with E-state index in [0.29, 0.717) is 26.5 Å². The predicted molar refractivity (Wildman–Crippen MR) is 126 cm³/mol. The lowest BCUT2D eigenvalue weighted by atomic mass is 9.98. The number of ether oxygens (including phenoxy) is 2. The molecule has 0 fully saturated rings. The van der Waals surface area contributed by atoms with Crippen LogP contribution in [0.25, 0.3) is 0 Å². The van der Waals surface area contributed by atoms with Crippen molar-refractivity contribution in [2.24, 2.45) is 0 Å². The van der Waals surface area contributed by atoms with Crippen molar-refractivity contribution in [2.45, 2.75) is 6.92 Å². The zero-order chi connectivity index (χ0) is 23.3. The van der Waals surface area contributed by atoms with E-state index in [1.807, 2.05) is 6.92 Å². The highest BCUT2D eigenvalue weighted by Crippen LogP contribution is 2.29. The standard InChI is InChI=1S/C24H19BrClNO5/c1-14-11-19(25)20(26)12-21(14)27-22(28)13-32-24(30)18-6-4-3-5-17(18)23(29)15-7-9-16(31-2)10-8-15/h3-12H,13H2,1-2H3,(H,27,28). The second kappa shape index (κ2) is 10.4. The third-order valence-corrected chi connectivity index (χ3v) is 5.82. The minimum atomic E-state index is -0.775. The smallest absolute Gasteiger partial charge is 0.339 e. The number of halogens is 2. The number of rotatable bonds is 7. The Kier molecular flexibility index (Phi) is 7.66. The van der Waals surface area contributed by atoms with Crippen molar-refractivity contribution in [1.82, 2.24) is 0 Å². The lowest BCUT2D eigenvalue weighted by Crippen LogP contribution is -2.22. The van der Waals surface area contributed by atoms with Gasteiger partial charge in [-0.15, -0.1) is 0 Å². The van der Waals surface area contributed by atoms with E-state index in [9.17, 15) is 14.4 Å². The number of amides is 1. The van der Waals surface area contributed by atoms with Gasteiger partial charge in [0.1, 0.15) is 5.75 Å². The van der Waals surface area contributed by atoms with Crippen molar-refractivity contribution in [3.05, 3.63) is 92.4 Å². The fourth-order valence-electron chi connectivity index (χ4n) is 2.93. The van der Waals surface area contributed by atoms with E-state index in [4.69, 9.17) is 21.1 Å². The number of hydrogen-bond acceptors (Lipinski definition) is 5. The van der Waals surface area contributed by atoms with Gasteiger partial charge in [0.2, 0.25) is 0 Å². The maximum atomic E-state index is 12.9. The highest BCUT2D eigenvalue weighted by Gasteiger charge is 2.20. The van der Waals surface area contributed by atoms with Crippen LogP contribution >= 0.6 is 27.5 Å². The minimum absolute atomic E-state index is 0.0731. The molecule has 0 aliphatic rings. The molecule has 0 bridgehead atoms. The molecule has 3 aromatic carbocycles. The van der Waals surface area contributed by atoms with Crippen LogP contribution in [0.2, 0.25) is 5.02 Å². The first-order valence-electron chi connectivity index (χ1n) is 9.50. The molecule has 0 radical (unpaired) electrons. The topological polar surface area (TPSA) is 81.7 Å². The second-order valence-corrected chi connectivity index (χ2v) is 8.07. The molecule has 0 saturated carbocycles. The molecule has 0 spiro atoms. The van der Waals surface area contributed by atoms with Gasteiger partial charge >= 0.3 is 5.97 Å². The van der Waals surface area contributed by atoms with Gasteiger partial charge in [0.15, 0.2) is 12.4 Å². The third-order valence-electron chi connectivity index (χ3n) is 4.62. The first kappa shape index (κ1) is 23.5. The molecule has 0 atom stereocenters. The molecule has 0 heterocycles. The Morgan fingerprint density at radius 1 is 1.00 bits per heavy atom. The Bertz CT molecular complexity index is 1180. The summed E-state index contributed by atoms with van der Waals surface area (Å²) in [7, 11) is 1.53. The summed E-state index contributed by atoms with van der Waals surface area (Å²) in [5.41, 5.74) is 1.94. The van der Waals surface area contributed by atoms with E-state index in [1.54, 1.807) is 48.5 Å². The number of nitrogens with one attached hydrogen (secondary N) is 1. The SMILES string of the molecule is COc1ccc(C(=O)c2ccccc2C(=O)OCC(=O)Nc2cc(Cl)c(Br)cc2C)cc1. The van der Waals surface area contributed by atoms with Gasteiger partial charge in [-0.2, -0.15) is 0 Å². The number of carbonyl (C=O) groups is 3. The van der Waals surface area contributed by atoms with Crippen LogP contribution in [0.5, 0.6) is 5.75 Å². The molecular formula is C24H19BrClNO5. The molecule has 0 unspecified atom stereocenters. The van der Waals surface area contributed by atoms with Crippen LogP contribution in [0, 0.1) is 6.92 Å². The number of methoxy groups -OCH3 is 1. The number of benzene rings is 3. The van der Waals surface area contributed by atoms with E-state index in [2.05, 4.69) is 21.2 Å². The van der Waals surface area contributed by atoms with Crippen LogP contribution in [0.1, 0.15) is 31.8 Å². The molecule has 3 aromatic rings. The molecule has 0 aliphatic carbocycles. The van der Waals surface area contributed by atoms with E-state index >= 15 is 0 Å². The van der Waals surface area contributed by atoms with Crippen LogP contribution in [0.3, 0.4) is 0 Å². The molecule has 6 nitrogen and oxygen atoms in total. The predicted octanol–water partition coefficient (Wildman–Crippen LogP) is 5.45. The highest BCUT2D eigenvalue weighted by atomic mass is 79.9. The number of aryl methyl sites for hydroxylation is 1. The first-order chi connectivity index (χ1) is 15.3. The number of esters is 1. The lowest BCUT2D eigenvalue weighted by molar-refractivity contribution is -0.119. The number of hydrogen-bond donors (Lipinski definition) is 1. The van der Waals surface area contributed by atoms with Crippen LogP contribution in [-0.4, -0.2) is 31.4 Å². The van der Waals surface area contributed by atoms with E-state index in [-0.39, 0.29) is 16.9 Å². The van der Waals surface area contributed by atoms with Gasteiger partial charge in [-0.25, -0.2) is 4.79 Å². The van der Waals surface area contributed by atoms with E-state index < -0.39 is 18.5 Å². The fourth-order valence-corrected chi connectivity index (χ4v) is 3.55. The van der Waals surface area contributed by atoms with Gasteiger partial charge in [0.05, 0.1) is 17.7 Å². The summed E-state index contributed by atoms with van der Waals surface area (Å²) >= 11 is 9.39. The number of ketones is 1. The quantitative estimate of drug-likeness (QED) is 0.334. The monoisotopic (exact) mass is 515 g/mol. The van der Waals surface area contributed by atoms with Gasteiger partial charge in [-0.3, -0.25) is 9.59 Å². The first-order valence-corrected chi connectivity index (χ1v) is 10.7. The summed E-state index contributed by atoms with van der Waals surface area (Å²) in [6.45, 7) is 1.29. The number of anilines is 1. The zero-order valence-corrected chi connectivity index (χ0v) is 19.6. The molecule has 8 heteroatoms. The summed E-state index contributed by atoms with van der Waals surface area (Å²) in [5, 5.41) is 3.10. The average molecular weight is 517 g/mol. The van der Waals surface area contributed by atoms with Crippen molar-refractivity contribution >= 4 is 50.9 Å². The van der Waals surface area contributed by atoms with Gasteiger partial charge in [-0.1, -0.05) is 29.8 Å². The van der Waals surface area contributed by atoms with Gasteiger partial charge in [-0.05, 0) is 70.9 Å². The summed E-state index contributed by atoms with van der Waals surface area (Å²) in [6.07, 6.45) is 0. The third kappa shape index (κ3) is 5.55. The summed E-state index contributed by atoms with van der Waals surface area (Å²) in [6, 6.07) is 16.2. The minimum Gasteiger partial charge on any atom is -0.497 e. The molecule has 0 aromatic heterocycles. The lowest BCUT2D eigenvalue weighted by Gasteiger charge is -2.12. The Hall–Kier alpha value is -3.16. The maximum Gasteiger partial charge on any atom is 0.339 e. The molecule has 1 N–H and O–H groups in total.